The van der Waals surface area contributed by atoms with E-state index in [9.17, 15) is 9.59 Å². The van der Waals surface area contributed by atoms with Crippen LogP contribution >= 0.6 is 34.7 Å². The zero-order chi connectivity index (χ0) is 17.8. The van der Waals surface area contributed by atoms with Gasteiger partial charge in [-0.15, -0.1) is 10.2 Å². The summed E-state index contributed by atoms with van der Waals surface area (Å²) in [5.74, 6) is 0.114. The highest BCUT2D eigenvalue weighted by Crippen LogP contribution is 2.35. The third kappa shape index (κ3) is 4.93. The van der Waals surface area contributed by atoms with Crippen molar-refractivity contribution in [1.82, 2.24) is 15.5 Å². The van der Waals surface area contributed by atoms with Crippen LogP contribution in [-0.4, -0.2) is 33.8 Å². The summed E-state index contributed by atoms with van der Waals surface area (Å²) in [5, 5.41) is 12.2. The van der Waals surface area contributed by atoms with Crippen molar-refractivity contribution in [3.8, 4) is 0 Å². The van der Waals surface area contributed by atoms with Crippen LogP contribution < -0.4 is 10.2 Å². The molecule has 0 bridgehead atoms. The Bertz CT molecular complexity index is 779. The average Bonchev–Trinajstić information content (AvgIpc) is 3.30. The van der Waals surface area contributed by atoms with E-state index in [1.165, 1.54) is 30.0 Å². The number of rotatable bonds is 7. The van der Waals surface area contributed by atoms with Gasteiger partial charge < -0.3 is 5.32 Å². The van der Waals surface area contributed by atoms with Gasteiger partial charge in [-0.1, -0.05) is 52.9 Å². The van der Waals surface area contributed by atoms with Crippen LogP contribution in [0.5, 0.6) is 0 Å². The molecule has 0 atom stereocenters. The molecule has 1 aliphatic rings. The quantitative estimate of drug-likeness (QED) is 0.574. The molecule has 2 aromatic rings. The summed E-state index contributed by atoms with van der Waals surface area (Å²) in [6.07, 6.45) is 2.01. The molecule has 1 fully saturated rings. The summed E-state index contributed by atoms with van der Waals surface area (Å²) in [6, 6.07) is 7.65. The molecule has 1 N–H and O–H groups in total. The summed E-state index contributed by atoms with van der Waals surface area (Å²) < 4.78 is 0.676. The summed E-state index contributed by atoms with van der Waals surface area (Å²) in [4.78, 5) is 25.4. The van der Waals surface area contributed by atoms with Crippen LogP contribution in [0, 0.1) is 0 Å². The number of hydrogen-bond donors (Lipinski definition) is 1. The van der Waals surface area contributed by atoms with E-state index in [1.807, 2.05) is 18.2 Å². The maximum Gasteiger partial charge on any atom is 0.230 e. The first-order valence-electron chi connectivity index (χ1n) is 7.81. The van der Waals surface area contributed by atoms with Gasteiger partial charge in [0, 0.05) is 24.5 Å². The summed E-state index contributed by atoms with van der Waals surface area (Å²) in [7, 11) is 0. The smallest absolute Gasteiger partial charge is 0.230 e. The number of carbonyl (C=O) groups is 2. The molecule has 1 heterocycles. The van der Waals surface area contributed by atoms with Crippen molar-refractivity contribution < 1.29 is 9.59 Å². The van der Waals surface area contributed by atoms with Gasteiger partial charge in [0.1, 0.15) is 0 Å². The van der Waals surface area contributed by atoms with E-state index in [0.717, 1.165) is 18.4 Å². The maximum absolute atomic E-state index is 12.0. The molecule has 2 amide bonds. The zero-order valence-electron chi connectivity index (χ0n) is 13.6. The highest BCUT2D eigenvalue weighted by molar-refractivity contribution is 8.01. The lowest BCUT2D eigenvalue weighted by Crippen LogP contribution is -2.30. The summed E-state index contributed by atoms with van der Waals surface area (Å²) in [6.45, 7) is 1.93. The molecule has 1 aromatic heterocycles. The lowest BCUT2D eigenvalue weighted by Gasteiger charge is -2.15. The topological polar surface area (TPSA) is 75.2 Å². The Labute approximate surface area is 159 Å². The van der Waals surface area contributed by atoms with E-state index in [4.69, 9.17) is 11.6 Å². The van der Waals surface area contributed by atoms with E-state index >= 15 is 0 Å². The second kappa shape index (κ2) is 8.16. The third-order valence-corrected chi connectivity index (χ3v) is 6.04. The minimum absolute atomic E-state index is 0.0207. The molecule has 0 radical (unpaired) electrons. The normalized spacial score (nSPS) is 13.5. The molecular weight excluding hydrogens is 380 g/mol. The SMILES string of the molecule is CC(=O)N(c1nnc(SCC(=O)NCc2ccccc2Cl)s1)C1CC1. The van der Waals surface area contributed by atoms with Crippen LogP contribution in [0.1, 0.15) is 25.3 Å². The first-order chi connectivity index (χ1) is 12.0. The predicted octanol–water partition coefficient (Wildman–Crippen LogP) is 3.12. The van der Waals surface area contributed by atoms with Gasteiger partial charge in [0.05, 0.1) is 5.75 Å². The number of anilines is 1. The Morgan fingerprint density at radius 3 is 2.80 bits per heavy atom. The van der Waals surface area contributed by atoms with Crippen molar-refractivity contribution in [2.45, 2.75) is 36.7 Å². The Hall–Kier alpha value is -1.64. The van der Waals surface area contributed by atoms with Gasteiger partial charge in [-0.05, 0) is 24.5 Å². The van der Waals surface area contributed by atoms with E-state index in [2.05, 4.69) is 15.5 Å². The minimum atomic E-state index is -0.104. The lowest BCUT2D eigenvalue weighted by atomic mass is 10.2. The predicted molar refractivity (Wildman–Crippen MR) is 100 cm³/mol. The molecule has 1 aromatic carbocycles. The standard InChI is InChI=1S/C16H17ClN4O2S2/c1-10(22)21(12-6-7-12)15-19-20-16(25-15)24-9-14(23)18-8-11-4-2-3-5-13(11)17/h2-5,12H,6-9H2,1H3,(H,18,23). The average molecular weight is 397 g/mol. The maximum atomic E-state index is 12.0. The Kier molecular flexibility index (Phi) is 5.93. The van der Waals surface area contributed by atoms with Gasteiger partial charge in [0.2, 0.25) is 16.9 Å². The number of nitrogens with one attached hydrogen (secondary N) is 1. The van der Waals surface area contributed by atoms with Crippen molar-refractivity contribution in [3.63, 3.8) is 0 Å². The molecule has 6 nitrogen and oxygen atoms in total. The number of amides is 2. The van der Waals surface area contributed by atoms with Gasteiger partial charge in [-0.25, -0.2) is 0 Å². The van der Waals surface area contributed by atoms with Gasteiger partial charge in [-0.2, -0.15) is 0 Å². The number of thioether (sulfide) groups is 1. The van der Waals surface area contributed by atoms with Gasteiger partial charge in [0.25, 0.3) is 0 Å². The van der Waals surface area contributed by atoms with E-state index in [-0.39, 0.29) is 23.6 Å². The molecule has 3 rings (SSSR count). The highest BCUT2D eigenvalue weighted by atomic mass is 35.5. The van der Waals surface area contributed by atoms with Crippen molar-refractivity contribution in [2.24, 2.45) is 0 Å². The number of nitrogens with zero attached hydrogens (tertiary/aromatic N) is 3. The molecule has 1 aliphatic carbocycles. The van der Waals surface area contributed by atoms with Crippen molar-refractivity contribution in [2.75, 3.05) is 10.7 Å². The first-order valence-corrected chi connectivity index (χ1v) is 9.99. The molecule has 0 saturated heterocycles. The summed E-state index contributed by atoms with van der Waals surface area (Å²) in [5.41, 5.74) is 0.877. The third-order valence-electron chi connectivity index (χ3n) is 3.61. The number of hydrogen-bond acceptors (Lipinski definition) is 6. The Morgan fingerprint density at radius 2 is 2.12 bits per heavy atom. The lowest BCUT2D eigenvalue weighted by molar-refractivity contribution is -0.119. The molecule has 1 saturated carbocycles. The zero-order valence-corrected chi connectivity index (χ0v) is 16.0. The van der Waals surface area contributed by atoms with Crippen molar-refractivity contribution in [1.29, 1.82) is 0 Å². The second-order valence-corrected chi connectivity index (χ2v) is 8.21. The second-order valence-electron chi connectivity index (χ2n) is 5.63. The van der Waals surface area contributed by atoms with Crippen LogP contribution in [-0.2, 0) is 16.1 Å². The van der Waals surface area contributed by atoms with Crippen LogP contribution in [0.25, 0.3) is 0 Å². The number of halogens is 1. The molecule has 9 heteroatoms. The fourth-order valence-corrected chi connectivity index (χ4v) is 4.24. The van der Waals surface area contributed by atoms with E-state index < -0.39 is 0 Å². The molecule has 0 aliphatic heterocycles. The van der Waals surface area contributed by atoms with E-state index in [0.29, 0.717) is 21.0 Å². The molecular formula is C16H17ClN4O2S2. The summed E-state index contributed by atoms with van der Waals surface area (Å²) >= 11 is 8.72. The van der Waals surface area contributed by atoms with Crippen LogP contribution in [0.3, 0.4) is 0 Å². The fourth-order valence-electron chi connectivity index (χ4n) is 2.25. The van der Waals surface area contributed by atoms with Crippen molar-refractivity contribution >= 4 is 51.6 Å². The molecule has 25 heavy (non-hydrogen) atoms. The Balaban J connectivity index is 1.49. The van der Waals surface area contributed by atoms with Gasteiger partial charge in [0.15, 0.2) is 4.34 Å². The number of carbonyl (C=O) groups excluding carboxylic acids is 2. The molecule has 132 valence electrons. The van der Waals surface area contributed by atoms with Crippen LogP contribution in [0.4, 0.5) is 5.13 Å². The largest absolute Gasteiger partial charge is 0.351 e. The first kappa shape index (κ1) is 18.2. The Morgan fingerprint density at radius 1 is 1.36 bits per heavy atom. The van der Waals surface area contributed by atoms with Crippen LogP contribution in [0.2, 0.25) is 5.02 Å². The van der Waals surface area contributed by atoms with Crippen LogP contribution in [0.15, 0.2) is 28.6 Å². The minimum Gasteiger partial charge on any atom is -0.351 e. The van der Waals surface area contributed by atoms with Gasteiger partial charge >= 0.3 is 0 Å². The number of benzene rings is 1. The molecule has 0 spiro atoms. The molecule has 0 unspecified atom stereocenters. The van der Waals surface area contributed by atoms with Crippen molar-refractivity contribution in [3.05, 3.63) is 34.9 Å². The van der Waals surface area contributed by atoms with Gasteiger partial charge in [-0.3, -0.25) is 14.5 Å². The monoisotopic (exact) mass is 396 g/mol. The number of aromatic nitrogens is 2. The highest BCUT2D eigenvalue weighted by Gasteiger charge is 2.34. The fraction of sp³-hybridized carbons (Fsp3) is 0.375. The van der Waals surface area contributed by atoms with E-state index in [1.54, 1.807) is 11.0 Å².